The third-order valence-corrected chi connectivity index (χ3v) is 2.90. The molecule has 0 saturated heterocycles. The molecule has 4 heteroatoms. The van der Waals surface area contributed by atoms with Crippen LogP contribution in [0.4, 0.5) is 0 Å². The summed E-state index contributed by atoms with van der Waals surface area (Å²) in [7, 11) is 0. The van der Waals surface area contributed by atoms with Gasteiger partial charge in [-0.15, -0.1) is 0 Å². The molecule has 0 spiro atoms. The highest BCUT2D eigenvalue weighted by atomic mass is 35.5. The molecule has 0 heterocycles. The maximum Gasteiger partial charge on any atom is 0.335 e. The van der Waals surface area contributed by atoms with Crippen molar-refractivity contribution in [3.63, 3.8) is 0 Å². The van der Waals surface area contributed by atoms with Crippen molar-refractivity contribution < 1.29 is 14.3 Å². The zero-order valence-corrected chi connectivity index (χ0v) is 11.3. The first-order valence-corrected chi connectivity index (χ1v) is 6.22. The van der Waals surface area contributed by atoms with Crippen molar-refractivity contribution in [1.82, 2.24) is 0 Å². The van der Waals surface area contributed by atoms with E-state index in [1.165, 1.54) is 0 Å². The fraction of sp³-hybridized carbons (Fsp3) is 0. The number of ether oxygens (including phenoxy) is 1. The van der Waals surface area contributed by atoms with Crippen molar-refractivity contribution >= 4 is 22.8 Å². The summed E-state index contributed by atoms with van der Waals surface area (Å²) in [5.74, 6) is -0.0473. The molecular weight excluding hydrogens is 276 g/mol. The Morgan fingerprint density at radius 1 is 0.950 bits per heavy atom. The van der Waals surface area contributed by atoms with Gasteiger partial charge in [-0.3, -0.25) is 4.79 Å². The number of benzene rings is 2. The van der Waals surface area contributed by atoms with Gasteiger partial charge in [0.25, 0.3) is 5.24 Å². The highest BCUT2D eigenvalue weighted by Gasteiger charge is 2.04. The van der Waals surface area contributed by atoms with Gasteiger partial charge in [-0.2, -0.15) is 0 Å². The second-order valence-electron chi connectivity index (χ2n) is 4.00. The molecule has 3 nitrogen and oxygen atoms in total. The van der Waals surface area contributed by atoms with Crippen LogP contribution in [-0.2, 0) is 4.79 Å². The molecule has 0 bridgehead atoms. The average molecular weight is 287 g/mol. The molecule has 0 saturated carbocycles. The first-order valence-electron chi connectivity index (χ1n) is 5.85. The number of hydrogen-bond donors (Lipinski definition) is 0. The summed E-state index contributed by atoms with van der Waals surface area (Å²) in [4.78, 5) is 22.0. The molecule has 0 aromatic heterocycles. The molecule has 0 fully saturated rings. The molecule has 0 aliphatic rings. The van der Waals surface area contributed by atoms with Crippen LogP contribution in [0.5, 0.6) is 5.75 Å². The Kier molecular flexibility index (Phi) is 4.33. The Hall–Kier alpha value is -2.39. The largest absolute Gasteiger partial charge is 0.423 e. The SMILES string of the molecule is C=CC(=O)Oc1ccc(-c2ccc(C(=O)Cl)cc2)cc1. The van der Waals surface area contributed by atoms with Crippen LogP contribution in [0.25, 0.3) is 11.1 Å². The van der Waals surface area contributed by atoms with Crippen molar-refractivity contribution in [3.05, 3.63) is 66.7 Å². The smallest absolute Gasteiger partial charge is 0.335 e. The topological polar surface area (TPSA) is 43.4 Å². The first-order chi connectivity index (χ1) is 9.60. The van der Waals surface area contributed by atoms with E-state index in [4.69, 9.17) is 16.3 Å². The molecule has 2 aromatic carbocycles. The van der Waals surface area contributed by atoms with Crippen LogP contribution in [-0.4, -0.2) is 11.2 Å². The standard InChI is InChI=1S/C16H11ClO3/c1-2-15(18)20-14-9-7-12(8-10-14)11-3-5-13(6-4-11)16(17)19/h2-10H,1H2. The predicted molar refractivity (Wildman–Crippen MR) is 77.9 cm³/mol. The fourth-order valence-electron chi connectivity index (χ4n) is 1.67. The molecule has 0 aliphatic carbocycles. The maximum absolute atomic E-state index is 11.1. The number of carbonyl (C=O) groups is 2. The monoisotopic (exact) mass is 286 g/mol. The van der Waals surface area contributed by atoms with Crippen molar-refractivity contribution in [1.29, 1.82) is 0 Å². The van der Waals surface area contributed by atoms with Crippen LogP contribution in [0, 0.1) is 0 Å². The molecule has 0 N–H and O–H groups in total. The molecule has 0 unspecified atom stereocenters. The van der Waals surface area contributed by atoms with Gasteiger partial charge in [-0.05, 0) is 47.0 Å². The van der Waals surface area contributed by atoms with Crippen LogP contribution >= 0.6 is 11.6 Å². The van der Waals surface area contributed by atoms with Gasteiger partial charge in [0, 0.05) is 11.6 Å². The van der Waals surface area contributed by atoms with Crippen molar-refractivity contribution in [2.75, 3.05) is 0 Å². The summed E-state index contributed by atoms with van der Waals surface area (Å²) in [5, 5.41) is -0.483. The Morgan fingerprint density at radius 2 is 1.45 bits per heavy atom. The van der Waals surface area contributed by atoms with Gasteiger partial charge in [0.2, 0.25) is 0 Å². The van der Waals surface area contributed by atoms with Gasteiger partial charge in [-0.25, -0.2) is 4.79 Å². The molecule has 0 radical (unpaired) electrons. The quantitative estimate of drug-likeness (QED) is 0.371. The minimum absolute atomic E-state index is 0.450. The normalized spacial score (nSPS) is 9.85. The van der Waals surface area contributed by atoms with Crippen LogP contribution in [0.3, 0.4) is 0 Å². The Morgan fingerprint density at radius 3 is 1.90 bits per heavy atom. The van der Waals surface area contributed by atoms with E-state index in [1.54, 1.807) is 36.4 Å². The van der Waals surface area contributed by atoms with Crippen LogP contribution in [0.1, 0.15) is 10.4 Å². The van der Waals surface area contributed by atoms with Crippen LogP contribution in [0.15, 0.2) is 61.2 Å². The Balaban J connectivity index is 2.19. The zero-order chi connectivity index (χ0) is 14.5. The lowest BCUT2D eigenvalue weighted by atomic mass is 10.0. The lowest BCUT2D eigenvalue weighted by Crippen LogP contribution is -2.02. The van der Waals surface area contributed by atoms with E-state index >= 15 is 0 Å². The molecule has 0 atom stereocenters. The molecule has 0 aliphatic heterocycles. The van der Waals surface area contributed by atoms with Crippen molar-refractivity contribution in [2.24, 2.45) is 0 Å². The van der Waals surface area contributed by atoms with E-state index in [0.717, 1.165) is 17.2 Å². The highest BCUT2D eigenvalue weighted by molar-refractivity contribution is 6.67. The lowest BCUT2D eigenvalue weighted by Gasteiger charge is -2.05. The van der Waals surface area contributed by atoms with Gasteiger partial charge >= 0.3 is 5.97 Å². The Bertz CT molecular complexity index is 642. The minimum atomic E-state index is -0.497. The van der Waals surface area contributed by atoms with Gasteiger partial charge in [-0.1, -0.05) is 30.8 Å². The summed E-state index contributed by atoms with van der Waals surface area (Å²) >= 11 is 5.39. The summed E-state index contributed by atoms with van der Waals surface area (Å²) in [6.45, 7) is 3.33. The molecule has 2 aromatic rings. The van der Waals surface area contributed by atoms with E-state index < -0.39 is 11.2 Å². The Labute approximate surface area is 121 Å². The molecular formula is C16H11ClO3. The summed E-state index contributed by atoms with van der Waals surface area (Å²) < 4.78 is 4.99. The van der Waals surface area contributed by atoms with Crippen LogP contribution in [0.2, 0.25) is 0 Å². The zero-order valence-electron chi connectivity index (χ0n) is 10.5. The second kappa shape index (κ2) is 6.17. The van der Waals surface area contributed by atoms with Gasteiger partial charge in [0.15, 0.2) is 0 Å². The van der Waals surface area contributed by atoms with E-state index in [2.05, 4.69) is 6.58 Å². The molecule has 100 valence electrons. The number of esters is 1. The van der Waals surface area contributed by atoms with Gasteiger partial charge in [0.1, 0.15) is 5.75 Å². The first kappa shape index (κ1) is 14.0. The second-order valence-corrected chi connectivity index (χ2v) is 4.34. The van der Waals surface area contributed by atoms with Gasteiger partial charge in [0.05, 0.1) is 0 Å². The molecule has 20 heavy (non-hydrogen) atoms. The van der Waals surface area contributed by atoms with E-state index in [-0.39, 0.29) is 0 Å². The summed E-state index contributed by atoms with van der Waals surface area (Å²) in [5.41, 5.74) is 2.33. The summed E-state index contributed by atoms with van der Waals surface area (Å²) in [6.07, 6.45) is 1.11. The number of hydrogen-bond acceptors (Lipinski definition) is 3. The summed E-state index contributed by atoms with van der Waals surface area (Å²) in [6, 6.07) is 14.0. The average Bonchev–Trinajstić information content (AvgIpc) is 2.48. The fourth-order valence-corrected chi connectivity index (χ4v) is 1.79. The van der Waals surface area contributed by atoms with E-state index in [9.17, 15) is 9.59 Å². The van der Waals surface area contributed by atoms with Crippen molar-refractivity contribution in [2.45, 2.75) is 0 Å². The third kappa shape index (κ3) is 3.33. The molecule has 0 amide bonds. The highest BCUT2D eigenvalue weighted by Crippen LogP contribution is 2.23. The number of carbonyl (C=O) groups excluding carboxylic acids is 2. The third-order valence-electron chi connectivity index (χ3n) is 2.68. The van der Waals surface area contributed by atoms with E-state index in [0.29, 0.717) is 11.3 Å². The van der Waals surface area contributed by atoms with Gasteiger partial charge < -0.3 is 4.74 Å². The van der Waals surface area contributed by atoms with Crippen LogP contribution < -0.4 is 4.74 Å². The lowest BCUT2D eigenvalue weighted by molar-refractivity contribution is -0.128. The maximum atomic E-state index is 11.1. The van der Waals surface area contributed by atoms with Crippen molar-refractivity contribution in [3.8, 4) is 16.9 Å². The number of halogens is 1. The predicted octanol–water partition coefficient (Wildman–Crippen LogP) is 3.82. The number of rotatable bonds is 4. The minimum Gasteiger partial charge on any atom is -0.423 e. The van der Waals surface area contributed by atoms with E-state index in [1.807, 2.05) is 12.1 Å². The molecule has 2 rings (SSSR count).